The number of aromatic nitrogens is 1. The van der Waals surface area contributed by atoms with Gasteiger partial charge in [-0.25, -0.2) is 4.79 Å². The number of aromatic hydroxyl groups is 1. The van der Waals surface area contributed by atoms with Crippen LogP contribution in [0.2, 0.25) is 0 Å². The monoisotopic (exact) mass is 288 g/mol. The van der Waals surface area contributed by atoms with E-state index < -0.39 is 11.9 Å². The summed E-state index contributed by atoms with van der Waals surface area (Å²) in [7, 11) is 1.29. The van der Waals surface area contributed by atoms with Crippen LogP contribution in [0, 0.1) is 13.8 Å². The molecule has 0 aliphatic carbocycles. The first-order chi connectivity index (χ1) is 9.93. The third-order valence-corrected chi connectivity index (χ3v) is 3.16. The van der Waals surface area contributed by atoms with Crippen LogP contribution in [0.5, 0.6) is 5.75 Å². The highest BCUT2D eigenvalue weighted by Crippen LogP contribution is 2.21. The summed E-state index contributed by atoms with van der Waals surface area (Å²) in [4.78, 5) is 26.8. The number of aryl methyl sites for hydroxylation is 1. The predicted molar refractivity (Wildman–Crippen MR) is 77.7 cm³/mol. The van der Waals surface area contributed by atoms with Gasteiger partial charge in [0.15, 0.2) is 0 Å². The van der Waals surface area contributed by atoms with E-state index in [-0.39, 0.29) is 11.4 Å². The molecule has 2 rings (SSSR count). The van der Waals surface area contributed by atoms with Crippen molar-refractivity contribution in [1.82, 2.24) is 4.98 Å². The number of ether oxygens (including phenoxy) is 1. The topological polar surface area (TPSA) is 91.4 Å². The van der Waals surface area contributed by atoms with Gasteiger partial charge in [-0.15, -0.1) is 0 Å². The van der Waals surface area contributed by atoms with Crippen LogP contribution in [-0.2, 0) is 4.74 Å². The van der Waals surface area contributed by atoms with E-state index in [1.807, 2.05) is 0 Å². The molecule has 0 aliphatic heterocycles. The average Bonchev–Trinajstić information content (AvgIpc) is 2.73. The lowest BCUT2D eigenvalue weighted by Crippen LogP contribution is -2.14. The number of hydrogen-bond donors (Lipinski definition) is 3. The second kappa shape index (κ2) is 5.70. The SMILES string of the molecule is COC(=O)c1c(C)[nH]c(C(=O)Nc2cccc(O)c2)c1C. The largest absolute Gasteiger partial charge is 0.508 e. The summed E-state index contributed by atoms with van der Waals surface area (Å²) in [6.45, 7) is 3.37. The molecule has 110 valence electrons. The van der Waals surface area contributed by atoms with Crippen LogP contribution in [0.1, 0.15) is 32.1 Å². The number of methoxy groups -OCH3 is 1. The number of benzene rings is 1. The number of nitrogens with one attached hydrogen (secondary N) is 2. The van der Waals surface area contributed by atoms with Crippen molar-refractivity contribution in [2.45, 2.75) is 13.8 Å². The molecule has 0 unspecified atom stereocenters. The van der Waals surface area contributed by atoms with Crippen LogP contribution in [0.25, 0.3) is 0 Å². The van der Waals surface area contributed by atoms with Crippen LogP contribution >= 0.6 is 0 Å². The summed E-state index contributed by atoms with van der Waals surface area (Å²) in [5.41, 5.74) is 2.21. The number of anilines is 1. The summed E-state index contributed by atoms with van der Waals surface area (Å²) in [5.74, 6) is -0.823. The summed E-state index contributed by atoms with van der Waals surface area (Å²) in [5, 5.41) is 12.0. The zero-order valence-corrected chi connectivity index (χ0v) is 12.0. The summed E-state index contributed by atoms with van der Waals surface area (Å²) in [6.07, 6.45) is 0. The van der Waals surface area contributed by atoms with Gasteiger partial charge >= 0.3 is 5.97 Å². The van der Waals surface area contributed by atoms with Crippen molar-refractivity contribution < 1.29 is 19.4 Å². The lowest BCUT2D eigenvalue weighted by molar-refractivity contribution is 0.0599. The van der Waals surface area contributed by atoms with Crippen LogP contribution in [0.15, 0.2) is 24.3 Å². The van der Waals surface area contributed by atoms with E-state index >= 15 is 0 Å². The van der Waals surface area contributed by atoms with Crippen molar-refractivity contribution in [2.24, 2.45) is 0 Å². The molecule has 0 aliphatic rings. The Morgan fingerprint density at radius 2 is 2.00 bits per heavy atom. The number of amides is 1. The maximum atomic E-state index is 12.2. The van der Waals surface area contributed by atoms with E-state index in [1.165, 1.54) is 19.2 Å². The molecule has 1 aromatic carbocycles. The molecule has 1 amide bonds. The Labute approximate surface area is 121 Å². The van der Waals surface area contributed by atoms with Crippen LogP contribution in [-0.4, -0.2) is 29.1 Å². The molecule has 0 saturated carbocycles. The van der Waals surface area contributed by atoms with Crippen molar-refractivity contribution in [1.29, 1.82) is 0 Å². The van der Waals surface area contributed by atoms with E-state index in [4.69, 9.17) is 4.74 Å². The normalized spacial score (nSPS) is 10.2. The number of aromatic amines is 1. The van der Waals surface area contributed by atoms with Crippen LogP contribution in [0.4, 0.5) is 5.69 Å². The summed E-state index contributed by atoms with van der Waals surface area (Å²) < 4.78 is 4.70. The molecule has 0 bridgehead atoms. The second-order valence-corrected chi connectivity index (χ2v) is 4.62. The molecule has 0 spiro atoms. The zero-order chi connectivity index (χ0) is 15.6. The Kier molecular flexibility index (Phi) is 3.98. The van der Waals surface area contributed by atoms with Gasteiger partial charge in [-0.05, 0) is 31.5 Å². The van der Waals surface area contributed by atoms with E-state index in [9.17, 15) is 14.7 Å². The van der Waals surface area contributed by atoms with Crippen LogP contribution < -0.4 is 5.32 Å². The minimum absolute atomic E-state index is 0.0578. The molecule has 0 radical (unpaired) electrons. The molecule has 0 fully saturated rings. The third kappa shape index (κ3) is 2.89. The molecule has 1 heterocycles. The molecule has 21 heavy (non-hydrogen) atoms. The lowest BCUT2D eigenvalue weighted by Gasteiger charge is -2.05. The Morgan fingerprint density at radius 1 is 1.29 bits per heavy atom. The highest BCUT2D eigenvalue weighted by Gasteiger charge is 2.22. The van der Waals surface area contributed by atoms with Crippen molar-refractivity contribution in [3.63, 3.8) is 0 Å². The van der Waals surface area contributed by atoms with Gasteiger partial charge in [0.25, 0.3) is 5.91 Å². The highest BCUT2D eigenvalue weighted by molar-refractivity contribution is 6.06. The number of carbonyl (C=O) groups excluding carboxylic acids is 2. The Bertz CT molecular complexity index is 704. The smallest absolute Gasteiger partial charge is 0.339 e. The first kappa shape index (κ1) is 14.6. The van der Waals surface area contributed by atoms with E-state index in [2.05, 4.69) is 10.3 Å². The quantitative estimate of drug-likeness (QED) is 0.756. The van der Waals surface area contributed by atoms with E-state index in [0.717, 1.165) is 0 Å². The van der Waals surface area contributed by atoms with Gasteiger partial charge in [0.2, 0.25) is 0 Å². The highest BCUT2D eigenvalue weighted by atomic mass is 16.5. The zero-order valence-electron chi connectivity index (χ0n) is 12.0. The average molecular weight is 288 g/mol. The van der Waals surface area contributed by atoms with E-state index in [1.54, 1.807) is 26.0 Å². The first-order valence-electron chi connectivity index (χ1n) is 6.32. The van der Waals surface area contributed by atoms with Gasteiger partial charge in [-0.2, -0.15) is 0 Å². The van der Waals surface area contributed by atoms with Crippen molar-refractivity contribution in [3.05, 3.63) is 46.8 Å². The predicted octanol–water partition coefficient (Wildman–Crippen LogP) is 2.38. The van der Waals surface area contributed by atoms with E-state index in [0.29, 0.717) is 22.5 Å². The number of esters is 1. The van der Waals surface area contributed by atoms with Gasteiger partial charge in [0, 0.05) is 17.4 Å². The first-order valence-corrected chi connectivity index (χ1v) is 6.32. The Hall–Kier alpha value is -2.76. The molecular formula is C15H16N2O4. The fourth-order valence-electron chi connectivity index (χ4n) is 2.16. The number of phenols is 1. The van der Waals surface area contributed by atoms with Gasteiger partial charge in [0.05, 0.1) is 12.7 Å². The molecule has 0 saturated heterocycles. The summed E-state index contributed by atoms with van der Waals surface area (Å²) >= 11 is 0. The van der Waals surface area contributed by atoms with Gasteiger partial charge < -0.3 is 20.1 Å². The van der Waals surface area contributed by atoms with Gasteiger partial charge in [-0.1, -0.05) is 6.07 Å². The number of rotatable bonds is 3. The van der Waals surface area contributed by atoms with Crippen molar-refractivity contribution in [3.8, 4) is 5.75 Å². The fourth-order valence-corrected chi connectivity index (χ4v) is 2.16. The maximum Gasteiger partial charge on any atom is 0.339 e. The number of carbonyl (C=O) groups is 2. The fraction of sp³-hybridized carbons (Fsp3) is 0.200. The van der Waals surface area contributed by atoms with Crippen LogP contribution in [0.3, 0.4) is 0 Å². The molecule has 6 nitrogen and oxygen atoms in total. The van der Waals surface area contributed by atoms with Gasteiger partial charge in [0.1, 0.15) is 11.4 Å². The van der Waals surface area contributed by atoms with Gasteiger partial charge in [-0.3, -0.25) is 4.79 Å². The third-order valence-electron chi connectivity index (χ3n) is 3.16. The van der Waals surface area contributed by atoms with Crippen molar-refractivity contribution >= 4 is 17.6 Å². The molecule has 2 aromatic rings. The molecular weight excluding hydrogens is 272 g/mol. The lowest BCUT2D eigenvalue weighted by atomic mass is 10.1. The maximum absolute atomic E-state index is 12.2. The molecule has 3 N–H and O–H groups in total. The second-order valence-electron chi connectivity index (χ2n) is 4.62. The number of H-pyrrole nitrogens is 1. The molecule has 6 heteroatoms. The van der Waals surface area contributed by atoms with Crippen molar-refractivity contribution in [2.75, 3.05) is 12.4 Å². The number of hydrogen-bond acceptors (Lipinski definition) is 4. The minimum Gasteiger partial charge on any atom is -0.508 e. The number of phenolic OH excluding ortho intramolecular Hbond substituents is 1. The minimum atomic E-state index is -0.488. The molecule has 1 aromatic heterocycles. The Balaban J connectivity index is 2.30. The molecule has 0 atom stereocenters. The Morgan fingerprint density at radius 3 is 2.62 bits per heavy atom. The summed E-state index contributed by atoms with van der Waals surface area (Å²) in [6, 6.07) is 6.22. The standard InChI is InChI=1S/C15H16N2O4/c1-8-12(15(20)21-3)9(2)16-13(8)14(19)17-10-5-4-6-11(18)7-10/h4-7,16,18H,1-3H3,(H,17,19).